The van der Waals surface area contributed by atoms with Crippen LogP contribution in [0.3, 0.4) is 0 Å². The van der Waals surface area contributed by atoms with Crippen molar-refractivity contribution in [1.82, 2.24) is 19.7 Å². The summed E-state index contributed by atoms with van der Waals surface area (Å²) in [5.41, 5.74) is 3.00. The summed E-state index contributed by atoms with van der Waals surface area (Å²) in [5, 5.41) is 6.76. The first-order chi connectivity index (χ1) is 11.7. The molecule has 0 N–H and O–H groups in total. The highest BCUT2D eigenvalue weighted by Gasteiger charge is 2.25. The van der Waals surface area contributed by atoms with Gasteiger partial charge in [-0.25, -0.2) is 4.98 Å². The maximum atomic E-state index is 6.26. The number of morpholine rings is 1. The summed E-state index contributed by atoms with van der Waals surface area (Å²) >= 11 is 7.91. The van der Waals surface area contributed by atoms with E-state index in [1.165, 1.54) is 0 Å². The van der Waals surface area contributed by atoms with Gasteiger partial charge < -0.3 is 9.64 Å². The van der Waals surface area contributed by atoms with E-state index in [0.29, 0.717) is 13.2 Å². The van der Waals surface area contributed by atoms with Crippen molar-refractivity contribution in [3.63, 3.8) is 0 Å². The van der Waals surface area contributed by atoms with Crippen LogP contribution in [0.2, 0.25) is 5.28 Å². The van der Waals surface area contributed by atoms with Crippen LogP contribution in [0.4, 0.5) is 5.82 Å². The Morgan fingerprint density at radius 1 is 1.42 bits per heavy atom. The third-order valence-electron chi connectivity index (χ3n) is 4.30. The summed E-state index contributed by atoms with van der Waals surface area (Å²) in [5.74, 6) is 0.902. The molecule has 1 atom stereocenters. The van der Waals surface area contributed by atoms with E-state index < -0.39 is 0 Å². The fraction of sp³-hybridized carbons (Fsp3) is 0.438. The first-order valence-electron chi connectivity index (χ1n) is 8.00. The van der Waals surface area contributed by atoms with E-state index in [1.807, 2.05) is 16.9 Å². The minimum atomic E-state index is 0.264. The van der Waals surface area contributed by atoms with Crippen LogP contribution in [0.5, 0.6) is 0 Å². The molecule has 1 fully saturated rings. The summed E-state index contributed by atoms with van der Waals surface area (Å²) in [6.07, 6.45) is 1.82. The molecule has 0 amide bonds. The van der Waals surface area contributed by atoms with Crippen molar-refractivity contribution >= 4 is 39.0 Å². The molecule has 1 aliphatic heterocycles. The molecule has 0 aromatic carbocycles. The molecule has 126 valence electrons. The van der Waals surface area contributed by atoms with Crippen molar-refractivity contribution in [1.29, 1.82) is 0 Å². The van der Waals surface area contributed by atoms with Crippen molar-refractivity contribution in [2.45, 2.75) is 26.4 Å². The fourth-order valence-corrected chi connectivity index (χ4v) is 4.28. The molecule has 0 aliphatic carbocycles. The lowest BCUT2D eigenvalue weighted by atomic mass is 10.2. The lowest BCUT2D eigenvalue weighted by Crippen LogP contribution is -2.44. The van der Waals surface area contributed by atoms with E-state index >= 15 is 0 Å². The summed E-state index contributed by atoms with van der Waals surface area (Å²) in [6, 6.07) is 2.28. The quantitative estimate of drug-likeness (QED) is 0.667. The first kappa shape index (κ1) is 15.8. The fourth-order valence-electron chi connectivity index (χ4n) is 3.11. The van der Waals surface area contributed by atoms with Gasteiger partial charge in [-0.05, 0) is 31.5 Å². The highest BCUT2D eigenvalue weighted by Crippen LogP contribution is 2.38. The van der Waals surface area contributed by atoms with E-state index in [1.54, 1.807) is 11.3 Å². The average Bonchev–Trinajstić information content (AvgIpc) is 3.20. The smallest absolute Gasteiger partial charge is 0.224 e. The zero-order chi connectivity index (χ0) is 16.7. The van der Waals surface area contributed by atoms with Gasteiger partial charge in [-0.1, -0.05) is 0 Å². The number of thiophene rings is 1. The third-order valence-corrected chi connectivity index (χ3v) is 5.44. The molecule has 6 nitrogen and oxygen atoms in total. The molecule has 0 spiro atoms. The van der Waals surface area contributed by atoms with Gasteiger partial charge >= 0.3 is 0 Å². The lowest BCUT2D eigenvalue weighted by Gasteiger charge is -2.34. The SMILES string of the molecule is CCn1nccc1-c1csc2c(N3CCOC[C@H]3C)nc(Cl)nc12. The Morgan fingerprint density at radius 2 is 2.29 bits per heavy atom. The Kier molecular flexibility index (Phi) is 4.15. The maximum absolute atomic E-state index is 6.26. The molecular weight excluding hydrogens is 346 g/mol. The summed E-state index contributed by atoms with van der Waals surface area (Å²) in [4.78, 5) is 11.3. The normalized spacial score (nSPS) is 18.5. The maximum Gasteiger partial charge on any atom is 0.224 e. The monoisotopic (exact) mass is 363 g/mol. The number of nitrogens with zero attached hydrogens (tertiary/aromatic N) is 5. The molecule has 0 radical (unpaired) electrons. The zero-order valence-electron chi connectivity index (χ0n) is 13.6. The molecule has 0 unspecified atom stereocenters. The topological polar surface area (TPSA) is 56.1 Å². The standard InChI is InChI=1S/C16H18ClN5OS/c1-3-22-12(4-5-18-22)11-9-24-14-13(11)19-16(17)20-15(14)21-6-7-23-8-10(21)2/h4-5,9-10H,3,6-8H2,1-2H3/t10-/m1/s1. The van der Waals surface area contributed by atoms with Gasteiger partial charge in [-0.3, -0.25) is 4.68 Å². The Balaban J connectivity index is 1.88. The predicted octanol–water partition coefficient (Wildman–Crippen LogP) is 3.45. The van der Waals surface area contributed by atoms with E-state index in [9.17, 15) is 0 Å². The van der Waals surface area contributed by atoms with Gasteiger partial charge in [0.2, 0.25) is 5.28 Å². The van der Waals surface area contributed by atoms with Gasteiger partial charge in [0.05, 0.1) is 35.2 Å². The van der Waals surface area contributed by atoms with E-state index in [0.717, 1.165) is 40.4 Å². The van der Waals surface area contributed by atoms with Crippen LogP contribution >= 0.6 is 22.9 Å². The summed E-state index contributed by atoms with van der Waals surface area (Å²) in [7, 11) is 0. The minimum absolute atomic E-state index is 0.264. The molecule has 24 heavy (non-hydrogen) atoms. The van der Waals surface area contributed by atoms with Crippen LogP contribution < -0.4 is 4.90 Å². The van der Waals surface area contributed by atoms with Crippen LogP contribution in [0.25, 0.3) is 21.5 Å². The second-order valence-electron chi connectivity index (χ2n) is 5.79. The Labute approximate surface area is 149 Å². The van der Waals surface area contributed by atoms with Crippen molar-refractivity contribution < 1.29 is 4.74 Å². The number of anilines is 1. The highest BCUT2D eigenvalue weighted by molar-refractivity contribution is 7.18. The molecule has 1 aliphatic rings. The van der Waals surface area contributed by atoms with E-state index in [2.05, 4.69) is 39.2 Å². The first-order valence-corrected chi connectivity index (χ1v) is 9.26. The third kappa shape index (κ3) is 2.56. The molecule has 1 saturated heterocycles. The molecule has 3 aromatic heterocycles. The second-order valence-corrected chi connectivity index (χ2v) is 7.01. The number of aromatic nitrogens is 4. The average molecular weight is 364 g/mol. The Morgan fingerprint density at radius 3 is 3.08 bits per heavy atom. The van der Waals surface area contributed by atoms with Gasteiger partial charge in [0, 0.05) is 30.2 Å². The van der Waals surface area contributed by atoms with Crippen LogP contribution in [0.1, 0.15) is 13.8 Å². The van der Waals surface area contributed by atoms with Crippen molar-refractivity contribution in [3.8, 4) is 11.3 Å². The van der Waals surface area contributed by atoms with Gasteiger partial charge in [0.25, 0.3) is 0 Å². The van der Waals surface area contributed by atoms with Crippen molar-refractivity contribution in [2.24, 2.45) is 0 Å². The van der Waals surface area contributed by atoms with Crippen molar-refractivity contribution in [2.75, 3.05) is 24.7 Å². The zero-order valence-corrected chi connectivity index (χ0v) is 15.1. The van der Waals surface area contributed by atoms with Gasteiger partial charge in [0.15, 0.2) is 5.82 Å². The van der Waals surface area contributed by atoms with Crippen LogP contribution in [-0.2, 0) is 11.3 Å². The number of hydrogen-bond acceptors (Lipinski definition) is 6. The molecular formula is C16H18ClN5OS. The highest BCUT2D eigenvalue weighted by atomic mass is 35.5. The largest absolute Gasteiger partial charge is 0.377 e. The number of halogens is 1. The van der Waals surface area contributed by atoms with Crippen LogP contribution in [0.15, 0.2) is 17.6 Å². The Hall–Kier alpha value is -1.70. The van der Waals surface area contributed by atoms with E-state index in [4.69, 9.17) is 16.3 Å². The molecule has 4 heterocycles. The van der Waals surface area contributed by atoms with Gasteiger partial charge in [-0.15, -0.1) is 11.3 Å². The number of fused-ring (bicyclic) bond motifs is 1. The lowest BCUT2D eigenvalue weighted by molar-refractivity contribution is 0.0987. The van der Waals surface area contributed by atoms with Crippen molar-refractivity contribution in [3.05, 3.63) is 22.9 Å². The number of ether oxygens (including phenoxy) is 1. The van der Waals surface area contributed by atoms with Crippen LogP contribution in [0, 0.1) is 0 Å². The molecule has 3 aromatic rings. The molecule has 0 saturated carbocycles. The van der Waals surface area contributed by atoms with Gasteiger partial charge in [-0.2, -0.15) is 10.1 Å². The van der Waals surface area contributed by atoms with Crippen LogP contribution in [-0.4, -0.2) is 45.5 Å². The second kappa shape index (κ2) is 6.31. The Bertz CT molecular complexity index is 877. The minimum Gasteiger partial charge on any atom is -0.377 e. The molecule has 0 bridgehead atoms. The van der Waals surface area contributed by atoms with E-state index in [-0.39, 0.29) is 11.3 Å². The number of aryl methyl sites for hydroxylation is 1. The summed E-state index contributed by atoms with van der Waals surface area (Å²) < 4.78 is 8.57. The molecule has 4 rings (SSSR count). The number of hydrogen-bond donors (Lipinski definition) is 0. The summed E-state index contributed by atoms with van der Waals surface area (Å²) in [6.45, 7) is 7.24. The predicted molar refractivity (Wildman–Crippen MR) is 96.9 cm³/mol. The number of rotatable bonds is 3. The van der Waals surface area contributed by atoms with Gasteiger partial charge in [0.1, 0.15) is 0 Å². The molecule has 8 heteroatoms.